The van der Waals surface area contributed by atoms with Gasteiger partial charge in [-0.05, 0) is 43.7 Å². The summed E-state index contributed by atoms with van der Waals surface area (Å²) in [6, 6.07) is 1.98. The number of carbonyl (C=O) groups excluding carboxylic acids is 1. The van der Waals surface area contributed by atoms with Crippen LogP contribution in [0, 0.1) is 22.6 Å². The van der Waals surface area contributed by atoms with Crippen molar-refractivity contribution in [2.45, 2.75) is 31.7 Å². The van der Waals surface area contributed by atoms with Crippen molar-refractivity contribution in [2.24, 2.45) is 17.0 Å². The molecule has 0 amide bonds. The Bertz CT molecular complexity index is 487. The second kappa shape index (κ2) is 6.54. The van der Waals surface area contributed by atoms with E-state index >= 15 is 0 Å². The van der Waals surface area contributed by atoms with E-state index in [1.165, 1.54) is 25.4 Å². The van der Waals surface area contributed by atoms with Crippen molar-refractivity contribution in [2.75, 3.05) is 7.11 Å². The normalized spacial score (nSPS) is 23.9. The van der Waals surface area contributed by atoms with E-state index in [-0.39, 0.29) is 23.5 Å². The highest BCUT2D eigenvalue weighted by molar-refractivity contribution is 5.72. The average molecular weight is 280 g/mol. The predicted octanol–water partition coefficient (Wildman–Crippen LogP) is 3.01. The Balaban J connectivity index is 2.06. The molecule has 0 aromatic carbocycles. The first-order valence-electron chi connectivity index (χ1n) is 6.68. The van der Waals surface area contributed by atoms with Gasteiger partial charge in [0.25, 0.3) is 0 Å². The van der Waals surface area contributed by atoms with E-state index in [1.807, 2.05) is 0 Å². The van der Waals surface area contributed by atoms with Crippen LogP contribution in [0.4, 0.5) is 4.39 Å². The van der Waals surface area contributed by atoms with E-state index in [4.69, 9.17) is 4.74 Å². The smallest absolute Gasteiger partial charge is 0.308 e. The van der Waals surface area contributed by atoms with E-state index in [0.717, 1.165) is 0 Å². The van der Waals surface area contributed by atoms with Gasteiger partial charge < -0.3 is 4.74 Å². The Morgan fingerprint density at radius 2 is 2.15 bits per heavy atom. The Hall–Kier alpha value is -1.85. The maximum absolute atomic E-state index is 13.7. The van der Waals surface area contributed by atoms with Crippen LogP contribution < -0.4 is 0 Å². The van der Waals surface area contributed by atoms with Crippen molar-refractivity contribution in [1.82, 2.24) is 4.98 Å². The Labute approximate surface area is 116 Å². The number of rotatable bonds is 4. The van der Waals surface area contributed by atoms with Crippen molar-refractivity contribution < 1.29 is 13.9 Å². The number of pyridine rings is 1. The molecule has 1 saturated carbocycles. The van der Waals surface area contributed by atoms with Gasteiger partial charge in [-0.2, -0.15) is 4.91 Å². The Kier molecular flexibility index (Phi) is 4.76. The van der Waals surface area contributed by atoms with Crippen LogP contribution in [0.1, 0.15) is 37.4 Å². The number of hydrogen-bond acceptors (Lipinski definition) is 5. The molecular weight excluding hydrogens is 263 g/mol. The van der Waals surface area contributed by atoms with Gasteiger partial charge >= 0.3 is 5.97 Å². The van der Waals surface area contributed by atoms with Crippen LogP contribution in [-0.2, 0) is 9.53 Å². The van der Waals surface area contributed by atoms with Gasteiger partial charge in [0.15, 0.2) is 0 Å². The summed E-state index contributed by atoms with van der Waals surface area (Å²) in [5.41, 5.74) is 0.101. The van der Waals surface area contributed by atoms with Crippen LogP contribution >= 0.6 is 0 Å². The monoisotopic (exact) mass is 280 g/mol. The number of nitroso groups, excluding NO2 is 1. The lowest BCUT2D eigenvalue weighted by molar-refractivity contribution is -0.146. The fourth-order valence-electron chi connectivity index (χ4n) is 2.81. The molecule has 6 heteroatoms. The molecule has 1 heterocycles. The van der Waals surface area contributed by atoms with Gasteiger partial charge in [-0.25, -0.2) is 4.39 Å². The van der Waals surface area contributed by atoms with Crippen LogP contribution in [-0.4, -0.2) is 18.1 Å². The molecule has 0 spiro atoms. The summed E-state index contributed by atoms with van der Waals surface area (Å²) >= 11 is 0. The molecule has 5 nitrogen and oxygen atoms in total. The molecule has 1 aliphatic rings. The van der Waals surface area contributed by atoms with E-state index < -0.39 is 11.9 Å². The number of ether oxygens (including phenoxy) is 1. The lowest BCUT2D eigenvalue weighted by Crippen LogP contribution is -2.26. The zero-order valence-corrected chi connectivity index (χ0v) is 11.3. The fraction of sp³-hybridized carbons (Fsp3) is 0.571. The van der Waals surface area contributed by atoms with E-state index in [9.17, 15) is 14.1 Å². The quantitative estimate of drug-likeness (QED) is 0.628. The van der Waals surface area contributed by atoms with Crippen LogP contribution in [0.3, 0.4) is 0 Å². The van der Waals surface area contributed by atoms with Crippen LogP contribution in [0.2, 0.25) is 0 Å². The summed E-state index contributed by atoms with van der Waals surface area (Å²) in [7, 11) is 1.37. The fourth-order valence-corrected chi connectivity index (χ4v) is 2.81. The molecule has 1 aliphatic carbocycles. The molecule has 1 fully saturated rings. The minimum atomic E-state index is -0.783. The first-order valence-corrected chi connectivity index (χ1v) is 6.68. The molecule has 0 bridgehead atoms. The third kappa shape index (κ3) is 3.00. The highest BCUT2D eigenvalue weighted by atomic mass is 19.1. The first-order chi connectivity index (χ1) is 9.67. The number of halogens is 1. The van der Waals surface area contributed by atoms with Crippen LogP contribution in [0.5, 0.6) is 0 Å². The van der Waals surface area contributed by atoms with Gasteiger partial charge in [-0.3, -0.25) is 9.78 Å². The molecule has 20 heavy (non-hydrogen) atoms. The maximum Gasteiger partial charge on any atom is 0.308 e. The van der Waals surface area contributed by atoms with Crippen molar-refractivity contribution >= 4 is 5.97 Å². The van der Waals surface area contributed by atoms with Gasteiger partial charge in [0.1, 0.15) is 17.6 Å². The van der Waals surface area contributed by atoms with Gasteiger partial charge in [0, 0.05) is 6.20 Å². The molecular formula is C14H17FN2O3. The first kappa shape index (κ1) is 14.6. The summed E-state index contributed by atoms with van der Waals surface area (Å²) < 4.78 is 18.4. The summed E-state index contributed by atoms with van der Waals surface area (Å²) in [5.74, 6) is -0.926. The molecule has 0 saturated heterocycles. The third-order valence-corrected chi connectivity index (χ3v) is 3.93. The maximum atomic E-state index is 13.7. The number of aromatic nitrogens is 1. The molecule has 0 radical (unpaired) electrons. The number of esters is 1. The second-order valence-corrected chi connectivity index (χ2v) is 5.06. The van der Waals surface area contributed by atoms with Gasteiger partial charge in [0.2, 0.25) is 0 Å². The van der Waals surface area contributed by atoms with Crippen molar-refractivity contribution in [3.05, 3.63) is 34.7 Å². The van der Waals surface area contributed by atoms with E-state index in [0.29, 0.717) is 25.7 Å². The zero-order valence-electron chi connectivity index (χ0n) is 11.3. The largest absolute Gasteiger partial charge is 0.469 e. The lowest BCUT2D eigenvalue weighted by Gasteiger charge is -2.29. The van der Waals surface area contributed by atoms with Crippen molar-refractivity contribution in [3.8, 4) is 0 Å². The molecule has 1 atom stereocenters. The van der Waals surface area contributed by atoms with E-state index in [1.54, 1.807) is 0 Å². The number of carbonyl (C=O) groups is 1. The topological polar surface area (TPSA) is 68.6 Å². The van der Waals surface area contributed by atoms with E-state index in [2.05, 4.69) is 10.2 Å². The minimum Gasteiger partial charge on any atom is -0.469 e. The van der Waals surface area contributed by atoms with Crippen molar-refractivity contribution in [3.63, 3.8) is 0 Å². The zero-order chi connectivity index (χ0) is 14.5. The van der Waals surface area contributed by atoms with Crippen LogP contribution in [0.15, 0.2) is 23.5 Å². The highest BCUT2D eigenvalue weighted by Crippen LogP contribution is 2.39. The van der Waals surface area contributed by atoms with Gasteiger partial charge in [-0.1, -0.05) is 5.18 Å². The summed E-state index contributed by atoms with van der Waals surface area (Å²) in [4.78, 5) is 26.5. The molecule has 0 aliphatic heterocycles. The number of nitrogens with zero attached hydrogens (tertiary/aromatic N) is 2. The highest BCUT2D eigenvalue weighted by Gasteiger charge is 2.34. The number of methoxy groups -OCH3 is 1. The van der Waals surface area contributed by atoms with Crippen LogP contribution in [0.25, 0.3) is 0 Å². The summed E-state index contributed by atoms with van der Waals surface area (Å²) in [6.45, 7) is 0. The van der Waals surface area contributed by atoms with Crippen molar-refractivity contribution in [1.29, 1.82) is 0 Å². The molecule has 1 aromatic rings. The number of hydrogen-bond donors (Lipinski definition) is 0. The minimum absolute atomic E-state index is 0.0715. The SMILES string of the molecule is COC(=O)C1CCC(C(N=O)c2ncccc2F)CC1. The Morgan fingerprint density at radius 3 is 2.70 bits per heavy atom. The summed E-state index contributed by atoms with van der Waals surface area (Å²) in [6.07, 6.45) is 4.02. The third-order valence-electron chi connectivity index (χ3n) is 3.93. The molecule has 0 N–H and O–H groups in total. The second-order valence-electron chi connectivity index (χ2n) is 5.06. The predicted molar refractivity (Wildman–Crippen MR) is 70.2 cm³/mol. The molecule has 1 aromatic heterocycles. The Morgan fingerprint density at radius 1 is 1.45 bits per heavy atom. The molecule has 1 unspecified atom stereocenters. The van der Waals surface area contributed by atoms with Gasteiger partial charge in [0.05, 0.1) is 13.0 Å². The lowest BCUT2D eigenvalue weighted by atomic mass is 9.78. The molecule has 108 valence electrons. The standard InChI is InChI=1S/C14H17FN2O3/c1-20-14(18)10-6-4-9(5-7-10)12(17-19)13-11(15)3-2-8-16-13/h2-3,8-10,12H,4-7H2,1H3. The molecule has 2 rings (SSSR count). The average Bonchev–Trinajstić information content (AvgIpc) is 2.50. The van der Waals surface area contributed by atoms with Gasteiger partial charge in [-0.15, -0.1) is 0 Å². The summed E-state index contributed by atoms with van der Waals surface area (Å²) in [5, 5.41) is 3.06.